The fourth-order valence-electron chi connectivity index (χ4n) is 2.23. The molecule has 3 heterocycles. The lowest BCUT2D eigenvalue weighted by molar-refractivity contribution is 0.512. The Bertz CT molecular complexity index is 670. The van der Waals surface area contributed by atoms with Crippen molar-refractivity contribution < 1.29 is 4.42 Å². The van der Waals surface area contributed by atoms with Gasteiger partial charge < -0.3 is 8.98 Å². The van der Waals surface area contributed by atoms with Gasteiger partial charge in [-0.3, -0.25) is 4.98 Å². The van der Waals surface area contributed by atoms with Crippen LogP contribution < -0.4 is 0 Å². The maximum absolute atomic E-state index is 5.85. The van der Waals surface area contributed by atoms with E-state index in [1.54, 1.807) is 12.4 Å². The maximum Gasteiger partial charge on any atom is 0.176 e. The quantitative estimate of drug-likeness (QED) is 0.710. The van der Waals surface area contributed by atoms with Crippen molar-refractivity contribution in [1.82, 2.24) is 14.5 Å². The first-order chi connectivity index (χ1) is 9.86. The summed E-state index contributed by atoms with van der Waals surface area (Å²) in [6.45, 7) is 2.89. The van der Waals surface area contributed by atoms with Crippen LogP contribution in [0.4, 0.5) is 0 Å². The van der Waals surface area contributed by atoms with Gasteiger partial charge in [0.25, 0.3) is 0 Å². The fraction of sp³-hybridized carbons (Fsp3) is 0.250. The summed E-state index contributed by atoms with van der Waals surface area (Å²) in [5.41, 5.74) is 1.15. The number of hydrogen-bond acceptors (Lipinski definition) is 3. The highest BCUT2D eigenvalue weighted by atomic mass is 16.3. The monoisotopic (exact) mass is 267 g/mol. The van der Waals surface area contributed by atoms with Gasteiger partial charge in [-0.15, -0.1) is 0 Å². The molecule has 0 radical (unpaired) electrons. The van der Waals surface area contributed by atoms with Crippen LogP contribution in [0.5, 0.6) is 0 Å². The zero-order valence-corrected chi connectivity index (χ0v) is 11.5. The molecule has 0 amide bonds. The van der Waals surface area contributed by atoms with Crippen LogP contribution in [0.25, 0.3) is 11.6 Å². The highest BCUT2D eigenvalue weighted by Gasteiger charge is 2.10. The summed E-state index contributed by atoms with van der Waals surface area (Å²) in [6, 6.07) is 8.02. The van der Waals surface area contributed by atoms with Crippen molar-refractivity contribution in [3.63, 3.8) is 0 Å². The van der Waals surface area contributed by atoms with Crippen molar-refractivity contribution >= 4 is 0 Å². The average molecular weight is 267 g/mol. The average Bonchev–Trinajstić information content (AvgIpc) is 3.09. The third-order valence-corrected chi connectivity index (χ3v) is 3.17. The second-order valence-corrected chi connectivity index (χ2v) is 4.76. The van der Waals surface area contributed by atoms with Crippen LogP contribution in [0.15, 0.2) is 53.5 Å². The lowest BCUT2D eigenvalue weighted by atomic mass is 10.3. The third kappa shape index (κ3) is 2.64. The molecule has 3 rings (SSSR count). The molecule has 0 aliphatic carbocycles. The highest BCUT2D eigenvalue weighted by molar-refractivity contribution is 5.48. The minimum atomic E-state index is 0.743. The minimum absolute atomic E-state index is 0.743. The topological polar surface area (TPSA) is 43.9 Å². The number of aryl methyl sites for hydroxylation is 1. The molecule has 0 aliphatic heterocycles. The van der Waals surface area contributed by atoms with Crippen molar-refractivity contribution in [2.75, 3.05) is 0 Å². The zero-order chi connectivity index (χ0) is 13.8. The first-order valence-electron chi connectivity index (χ1n) is 6.86. The van der Waals surface area contributed by atoms with Crippen molar-refractivity contribution in [1.29, 1.82) is 0 Å². The molecule has 102 valence electrons. The third-order valence-electron chi connectivity index (χ3n) is 3.17. The molecule has 3 aromatic heterocycles. The van der Waals surface area contributed by atoms with E-state index < -0.39 is 0 Å². The van der Waals surface area contributed by atoms with Crippen LogP contribution in [-0.2, 0) is 13.0 Å². The Balaban J connectivity index is 1.85. The van der Waals surface area contributed by atoms with E-state index in [1.807, 2.05) is 30.6 Å². The van der Waals surface area contributed by atoms with Gasteiger partial charge in [-0.05, 0) is 30.2 Å². The number of imidazole rings is 1. The number of pyridine rings is 1. The molecule has 3 aromatic rings. The van der Waals surface area contributed by atoms with Crippen molar-refractivity contribution in [3.05, 3.63) is 60.4 Å². The second-order valence-electron chi connectivity index (χ2n) is 4.76. The molecule has 0 N–H and O–H groups in total. The Labute approximate surface area is 118 Å². The molecule has 20 heavy (non-hydrogen) atoms. The summed E-state index contributed by atoms with van der Waals surface area (Å²) in [6.07, 6.45) is 9.45. The Morgan fingerprint density at radius 3 is 2.95 bits per heavy atom. The van der Waals surface area contributed by atoms with E-state index in [1.165, 1.54) is 0 Å². The van der Waals surface area contributed by atoms with Crippen molar-refractivity contribution in [2.24, 2.45) is 0 Å². The number of aromatic nitrogens is 3. The second kappa shape index (κ2) is 5.74. The molecule has 4 nitrogen and oxygen atoms in total. The summed E-state index contributed by atoms with van der Waals surface area (Å²) in [7, 11) is 0. The smallest absolute Gasteiger partial charge is 0.176 e. The predicted molar refractivity (Wildman–Crippen MR) is 77.3 cm³/mol. The Morgan fingerprint density at radius 1 is 1.20 bits per heavy atom. The van der Waals surface area contributed by atoms with E-state index in [4.69, 9.17) is 4.42 Å². The first-order valence-corrected chi connectivity index (χ1v) is 6.86. The zero-order valence-electron chi connectivity index (χ0n) is 11.5. The van der Waals surface area contributed by atoms with Crippen LogP contribution >= 0.6 is 0 Å². The van der Waals surface area contributed by atoms with E-state index >= 15 is 0 Å². The van der Waals surface area contributed by atoms with Crippen LogP contribution in [-0.4, -0.2) is 14.5 Å². The van der Waals surface area contributed by atoms with Gasteiger partial charge in [0, 0.05) is 31.2 Å². The summed E-state index contributed by atoms with van der Waals surface area (Å²) >= 11 is 0. The highest BCUT2D eigenvalue weighted by Crippen LogP contribution is 2.22. The maximum atomic E-state index is 5.85. The van der Waals surface area contributed by atoms with Crippen LogP contribution in [0.3, 0.4) is 0 Å². The van der Waals surface area contributed by atoms with E-state index in [-0.39, 0.29) is 0 Å². The van der Waals surface area contributed by atoms with Crippen LogP contribution in [0.1, 0.15) is 24.7 Å². The normalized spacial score (nSPS) is 10.8. The first kappa shape index (κ1) is 12.7. The molecular weight excluding hydrogens is 250 g/mol. The van der Waals surface area contributed by atoms with Crippen LogP contribution in [0.2, 0.25) is 0 Å². The molecule has 0 aliphatic rings. The fourth-order valence-corrected chi connectivity index (χ4v) is 2.23. The number of rotatable bonds is 5. The predicted octanol–water partition coefficient (Wildman–Crippen LogP) is 3.54. The van der Waals surface area contributed by atoms with Gasteiger partial charge in [0.1, 0.15) is 5.76 Å². The SMILES string of the molecule is CCCc1ccc(-c2nccn2Cc2cccnc2)o1. The Hall–Kier alpha value is -2.36. The van der Waals surface area contributed by atoms with Gasteiger partial charge in [-0.1, -0.05) is 13.0 Å². The summed E-state index contributed by atoms with van der Waals surface area (Å²) in [4.78, 5) is 8.54. The molecule has 4 heteroatoms. The molecule has 0 atom stereocenters. The van der Waals surface area contributed by atoms with E-state index in [2.05, 4.69) is 27.5 Å². The number of furan rings is 1. The van der Waals surface area contributed by atoms with Crippen molar-refractivity contribution in [2.45, 2.75) is 26.3 Å². The van der Waals surface area contributed by atoms with Gasteiger partial charge in [-0.2, -0.15) is 0 Å². The van der Waals surface area contributed by atoms with E-state index in [0.29, 0.717) is 0 Å². The van der Waals surface area contributed by atoms with Crippen molar-refractivity contribution in [3.8, 4) is 11.6 Å². The molecule has 0 unspecified atom stereocenters. The van der Waals surface area contributed by atoms with Gasteiger partial charge in [-0.25, -0.2) is 4.98 Å². The largest absolute Gasteiger partial charge is 0.458 e. The van der Waals surface area contributed by atoms with Gasteiger partial charge >= 0.3 is 0 Å². The molecule has 0 saturated heterocycles. The minimum Gasteiger partial charge on any atom is -0.458 e. The molecule has 0 spiro atoms. The lowest BCUT2D eigenvalue weighted by Gasteiger charge is -2.05. The summed E-state index contributed by atoms with van der Waals surface area (Å²) < 4.78 is 7.92. The summed E-state index contributed by atoms with van der Waals surface area (Å²) in [5.74, 6) is 2.69. The van der Waals surface area contributed by atoms with Crippen LogP contribution in [0, 0.1) is 0 Å². The number of hydrogen-bond donors (Lipinski definition) is 0. The Morgan fingerprint density at radius 2 is 2.15 bits per heavy atom. The molecule has 0 fully saturated rings. The van der Waals surface area contributed by atoms with Gasteiger partial charge in [0.2, 0.25) is 0 Å². The van der Waals surface area contributed by atoms with E-state index in [0.717, 1.165) is 42.3 Å². The Kier molecular flexibility index (Phi) is 3.63. The summed E-state index contributed by atoms with van der Waals surface area (Å²) in [5, 5.41) is 0. The molecular formula is C16H17N3O. The van der Waals surface area contributed by atoms with E-state index in [9.17, 15) is 0 Å². The van der Waals surface area contributed by atoms with Gasteiger partial charge in [0.05, 0.1) is 6.54 Å². The standard InChI is InChI=1S/C16H17N3O/c1-2-4-14-6-7-15(20-14)16-18-9-10-19(16)12-13-5-3-8-17-11-13/h3,5-11H,2,4,12H2,1H3. The molecule has 0 saturated carbocycles. The molecule has 0 aromatic carbocycles. The molecule has 0 bridgehead atoms. The van der Waals surface area contributed by atoms with Gasteiger partial charge in [0.15, 0.2) is 11.6 Å². The lowest BCUT2D eigenvalue weighted by Crippen LogP contribution is -2.00. The number of nitrogens with zero attached hydrogens (tertiary/aromatic N) is 3.